The number of nitrogens with one attached hydrogen (secondary N) is 1. The van der Waals surface area contributed by atoms with Crippen LogP contribution in [-0.2, 0) is 4.74 Å². The van der Waals surface area contributed by atoms with Crippen LogP contribution in [0.3, 0.4) is 0 Å². The number of ether oxygens (including phenoxy) is 1. The molecule has 0 aliphatic heterocycles. The molecular weight excluding hydrogens is 342 g/mol. The maximum absolute atomic E-state index is 11.5. The van der Waals surface area contributed by atoms with E-state index in [9.17, 15) is 4.79 Å². The number of hydrogen-bond donors (Lipinski definition) is 1. The third kappa shape index (κ3) is 4.52. The molecule has 0 saturated carbocycles. The molecule has 1 aromatic heterocycles. The van der Waals surface area contributed by atoms with Crippen LogP contribution in [0.4, 0.5) is 10.5 Å². The Hall–Kier alpha value is -0.560. The molecule has 0 aromatic carbocycles. The van der Waals surface area contributed by atoms with E-state index in [1.54, 1.807) is 33.0 Å². The first kappa shape index (κ1) is 13.5. The first-order chi connectivity index (χ1) is 7.28. The molecule has 0 unspecified atom stereocenters. The summed E-state index contributed by atoms with van der Waals surface area (Å²) in [6.07, 6.45) is 1.07. The molecule has 0 saturated heterocycles. The van der Waals surface area contributed by atoms with Gasteiger partial charge in [0.25, 0.3) is 0 Å². The van der Waals surface area contributed by atoms with Gasteiger partial charge >= 0.3 is 6.09 Å². The van der Waals surface area contributed by atoms with Crippen molar-refractivity contribution in [3.8, 4) is 0 Å². The van der Waals surface area contributed by atoms with Crippen molar-refractivity contribution in [1.82, 2.24) is 4.98 Å². The number of aromatic nitrogens is 1. The van der Waals surface area contributed by atoms with Gasteiger partial charge in [-0.25, -0.2) is 9.78 Å². The minimum Gasteiger partial charge on any atom is -0.444 e. The molecule has 1 rings (SSSR count). The molecule has 0 spiro atoms. The van der Waals surface area contributed by atoms with E-state index < -0.39 is 11.7 Å². The van der Waals surface area contributed by atoms with Gasteiger partial charge < -0.3 is 4.74 Å². The summed E-state index contributed by atoms with van der Waals surface area (Å²) >= 11 is 7.91. The molecule has 0 aliphatic carbocycles. The van der Waals surface area contributed by atoms with Crippen LogP contribution in [0.25, 0.3) is 0 Å². The quantitative estimate of drug-likeness (QED) is 0.618. The van der Waals surface area contributed by atoms with E-state index in [0.717, 1.165) is 3.57 Å². The normalized spacial score (nSPS) is 11.1. The second-order valence-electron chi connectivity index (χ2n) is 4.12. The Morgan fingerprint density at radius 1 is 1.56 bits per heavy atom. The van der Waals surface area contributed by atoms with E-state index in [1.807, 2.05) is 0 Å². The summed E-state index contributed by atoms with van der Waals surface area (Å²) in [5.41, 5.74) is -0.0887. The summed E-state index contributed by atoms with van der Waals surface area (Å²) in [7, 11) is 0. The Kier molecular flexibility index (Phi) is 4.37. The van der Waals surface area contributed by atoms with Gasteiger partial charge in [-0.05, 0) is 49.4 Å². The third-order valence-corrected chi connectivity index (χ3v) is 2.33. The van der Waals surface area contributed by atoms with Crippen LogP contribution in [0, 0.1) is 3.57 Å². The van der Waals surface area contributed by atoms with Crippen LogP contribution in [0.1, 0.15) is 20.8 Å². The molecule has 1 aromatic rings. The van der Waals surface area contributed by atoms with Gasteiger partial charge in [-0.3, -0.25) is 5.32 Å². The predicted molar refractivity (Wildman–Crippen MR) is 71.8 cm³/mol. The van der Waals surface area contributed by atoms with Gasteiger partial charge in [-0.2, -0.15) is 0 Å². The van der Waals surface area contributed by atoms with E-state index in [2.05, 4.69) is 32.9 Å². The second kappa shape index (κ2) is 5.18. The third-order valence-electron chi connectivity index (χ3n) is 1.44. The van der Waals surface area contributed by atoms with Crippen molar-refractivity contribution in [2.45, 2.75) is 26.4 Å². The summed E-state index contributed by atoms with van der Waals surface area (Å²) in [6.45, 7) is 5.38. The van der Waals surface area contributed by atoms with Crippen LogP contribution in [0.2, 0.25) is 5.15 Å². The van der Waals surface area contributed by atoms with Gasteiger partial charge in [0.2, 0.25) is 0 Å². The summed E-state index contributed by atoms with van der Waals surface area (Å²) in [5.74, 6) is 0. The number of anilines is 1. The fourth-order valence-corrected chi connectivity index (χ4v) is 1.53. The Morgan fingerprint density at radius 2 is 2.19 bits per heavy atom. The summed E-state index contributed by atoms with van der Waals surface area (Å²) in [4.78, 5) is 15.4. The monoisotopic (exact) mass is 354 g/mol. The average molecular weight is 355 g/mol. The molecule has 1 N–H and O–H groups in total. The minimum atomic E-state index is -0.543. The Bertz CT molecular complexity index is 404. The van der Waals surface area contributed by atoms with Gasteiger partial charge in [0, 0.05) is 9.77 Å². The van der Waals surface area contributed by atoms with Gasteiger partial charge in [0.1, 0.15) is 5.60 Å². The summed E-state index contributed by atoms with van der Waals surface area (Å²) in [5, 5.41) is 2.79. The fraction of sp³-hybridized carbons (Fsp3) is 0.400. The highest BCUT2D eigenvalue weighted by Gasteiger charge is 2.17. The van der Waals surface area contributed by atoms with Crippen LogP contribution < -0.4 is 5.32 Å². The van der Waals surface area contributed by atoms with Gasteiger partial charge in [0.15, 0.2) is 5.15 Å². The summed E-state index contributed by atoms with van der Waals surface area (Å²) < 4.78 is 5.98. The van der Waals surface area contributed by atoms with E-state index in [-0.39, 0.29) is 5.15 Å². The van der Waals surface area contributed by atoms with Crippen molar-refractivity contribution >= 4 is 46.0 Å². The molecule has 1 heterocycles. The zero-order valence-electron chi connectivity index (χ0n) is 9.17. The number of carbonyl (C=O) groups excluding carboxylic acids is 1. The predicted octanol–water partition coefficient (Wildman–Crippen LogP) is 3.69. The Morgan fingerprint density at radius 3 is 2.75 bits per heavy atom. The lowest BCUT2D eigenvalue weighted by Crippen LogP contribution is -2.27. The zero-order chi connectivity index (χ0) is 12.3. The van der Waals surface area contributed by atoms with Gasteiger partial charge in [0.05, 0.1) is 5.69 Å². The van der Waals surface area contributed by atoms with Crippen molar-refractivity contribution in [3.63, 3.8) is 0 Å². The molecule has 0 radical (unpaired) electrons. The summed E-state index contributed by atoms with van der Waals surface area (Å²) in [6, 6.07) is 1.72. The van der Waals surface area contributed by atoms with Crippen LogP contribution in [0.15, 0.2) is 12.3 Å². The lowest BCUT2D eigenvalue weighted by molar-refractivity contribution is 0.0636. The smallest absolute Gasteiger partial charge is 0.412 e. The fourth-order valence-electron chi connectivity index (χ4n) is 0.924. The first-order valence-electron chi connectivity index (χ1n) is 4.59. The van der Waals surface area contributed by atoms with Gasteiger partial charge in [-0.15, -0.1) is 0 Å². The largest absolute Gasteiger partial charge is 0.444 e. The van der Waals surface area contributed by atoms with Crippen LogP contribution in [0.5, 0.6) is 0 Å². The van der Waals surface area contributed by atoms with E-state index in [0.29, 0.717) is 5.69 Å². The number of carbonyl (C=O) groups is 1. The highest BCUT2D eigenvalue weighted by molar-refractivity contribution is 14.1. The number of nitrogens with zero attached hydrogens (tertiary/aromatic N) is 1. The van der Waals surface area contributed by atoms with Gasteiger partial charge in [-0.1, -0.05) is 11.6 Å². The molecule has 6 heteroatoms. The lowest BCUT2D eigenvalue weighted by atomic mass is 10.2. The molecule has 0 aliphatic rings. The van der Waals surface area contributed by atoms with Crippen molar-refractivity contribution in [2.75, 3.05) is 5.32 Å². The van der Waals surface area contributed by atoms with Crippen LogP contribution >= 0.6 is 34.2 Å². The average Bonchev–Trinajstić information content (AvgIpc) is 2.08. The highest BCUT2D eigenvalue weighted by Crippen LogP contribution is 2.21. The van der Waals surface area contributed by atoms with Crippen LogP contribution in [-0.4, -0.2) is 16.7 Å². The van der Waals surface area contributed by atoms with Crippen molar-refractivity contribution < 1.29 is 9.53 Å². The van der Waals surface area contributed by atoms with Crippen molar-refractivity contribution in [3.05, 3.63) is 21.0 Å². The number of pyridine rings is 1. The van der Waals surface area contributed by atoms with E-state index in [1.165, 1.54) is 0 Å². The SMILES string of the molecule is CC(C)(C)OC(=O)Nc1cc(I)cnc1Cl. The molecule has 0 fully saturated rings. The molecule has 0 atom stereocenters. The first-order valence-corrected chi connectivity index (χ1v) is 6.04. The van der Waals surface area contributed by atoms with Crippen molar-refractivity contribution in [1.29, 1.82) is 0 Å². The Labute approximate surface area is 113 Å². The van der Waals surface area contributed by atoms with E-state index in [4.69, 9.17) is 16.3 Å². The number of halogens is 2. The molecule has 4 nitrogen and oxygen atoms in total. The number of rotatable bonds is 1. The molecule has 88 valence electrons. The molecule has 16 heavy (non-hydrogen) atoms. The highest BCUT2D eigenvalue weighted by atomic mass is 127. The maximum atomic E-state index is 11.5. The molecule has 1 amide bonds. The molecule has 0 bridgehead atoms. The second-order valence-corrected chi connectivity index (χ2v) is 5.72. The standard InChI is InChI=1S/C10H12ClIN2O2/c1-10(2,3)16-9(15)14-7-4-6(12)5-13-8(7)11/h4-5H,1-3H3,(H,14,15). The minimum absolute atomic E-state index is 0.242. The lowest BCUT2D eigenvalue weighted by Gasteiger charge is -2.19. The Balaban J connectivity index is 2.73. The number of hydrogen-bond acceptors (Lipinski definition) is 3. The topological polar surface area (TPSA) is 51.2 Å². The number of amides is 1. The zero-order valence-corrected chi connectivity index (χ0v) is 12.1. The van der Waals surface area contributed by atoms with E-state index >= 15 is 0 Å². The maximum Gasteiger partial charge on any atom is 0.412 e. The van der Waals surface area contributed by atoms with Crippen molar-refractivity contribution in [2.24, 2.45) is 0 Å². The molecular formula is C10H12ClIN2O2.